The van der Waals surface area contributed by atoms with Crippen LogP contribution in [0, 0.1) is 24.1 Å². The molecule has 31 heavy (non-hydrogen) atoms. The van der Waals surface area contributed by atoms with Gasteiger partial charge < -0.3 is 0 Å². The molecule has 1 fully saturated rings. The van der Waals surface area contributed by atoms with Gasteiger partial charge in [0.25, 0.3) is 0 Å². The SMILES string of the molecule is C=C/C=C\c1c(CC2CCC3=Cc4c(cnn4-c4ccc(F)cc4)CC32C)csc1C. The van der Waals surface area contributed by atoms with Gasteiger partial charge in [0, 0.05) is 4.88 Å². The summed E-state index contributed by atoms with van der Waals surface area (Å²) in [5.41, 5.74) is 7.87. The Balaban J connectivity index is 1.45. The average Bonchev–Trinajstić information content (AvgIpc) is 3.41. The predicted octanol–water partition coefficient (Wildman–Crippen LogP) is 7.18. The lowest BCUT2D eigenvalue weighted by Crippen LogP contribution is -2.30. The third-order valence-electron chi connectivity index (χ3n) is 7.19. The molecule has 2 aliphatic rings. The zero-order chi connectivity index (χ0) is 21.6. The van der Waals surface area contributed by atoms with Gasteiger partial charge in [-0.15, -0.1) is 11.3 Å². The minimum atomic E-state index is -0.222. The molecule has 2 aromatic heterocycles. The number of thiophene rings is 1. The number of fused-ring (bicyclic) bond motifs is 2. The van der Waals surface area contributed by atoms with E-state index >= 15 is 0 Å². The lowest BCUT2D eigenvalue weighted by molar-refractivity contribution is 0.270. The summed E-state index contributed by atoms with van der Waals surface area (Å²) in [6.45, 7) is 8.46. The van der Waals surface area contributed by atoms with E-state index in [9.17, 15) is 4.39 Å². The molecule has 2 aliphatic carbocycles. The van der Waals surface area contributed by atoms with Crippen molar-refractivity contribution < 1.29 is 4.39 Å². The standard InChI is InChI=1S/C27H27FN2S/c1-4-5-6-25-18(2)31-17-19(25)13-21-7-8-22-14-26-20(15-27(21,22)3)16-29-30(26)24-11-9-23(28)10-12-24/h4-6,9-12,14,16-17,21H,1,7-8,13,15H2,2-3H3/b6-5-. The Hall–Kier alpha value is -2.72. The smallest absolute Gasteiger partial charge is 0.123 e. The van der Waals surface area contributed by atoms with Gasteiger partial charge in [0.2, 0.25) is 0 Å². The Morgan fingerprint density at radius 3 is 2.90 bits per heavy atom. The molecule has 0 spiro atoms. The number of aryl methyl sites for hydroxylation is 1. The second kappa shape index (κ2) is 7.76. The van der Waals surface area contributed by atoms with Crippen molar-refractivity contribution in [3.05, 3.63) is 93.2 Å². The number of allylic oxidation sites excluding steroid dienone is 3. The largest absolute Gasteiger partial charge is 0.233 e. The Bertz CT molecular complexity index is 1190. The van der Waals surface area contributed by atoms with Gasteiger partial charge in [0.05, 0.1) is 17.6 Å². The normalized spacial score (nSPS) is 22.4. The molecule has 0 N–H and O–H groups in total. The summed E-state index contributed by atoms with van der Waals surface area (Å²) in [6.07, 6.45) is 14.9. The van der Waals surface area contributed by atoms with Crippen molar-refractivity contribution in [3.8, 4) is 5.69 Å². The van der Waals surface area contributed by atoms with Crippen LogP contribution in [0.3, 0.4) is 0 Å². The zero-order valence-corrected chi connectivity index (χ0v) is 18.9. The minimum absolute atomic E-state index is 0.166. The lowest BCUT2D eigenvalue weighted by atomic mass is 9.68. The molecule has 158 valence electrons. The van der Waals surface area contributed by atoms with Gasteiger partial charge in [-0.25, -0.2) is 9.07 Å². The molecular formula is C27H27FN2S. The topological polar surface area (TPSA) is 17.8 Å². The number of halogens is 1. The van der Waals surface area contributed by atoms with Crippen LogP contribution in [0.5, 0.6) is 0 Å². The highest BCUT2D eigenvalue weighted by atomic mass is 32.1. The van der Waals surface area contributed by atoms with Gasteiger partial charge in [-0.3, -0.25) is 0 Å². The first-order chi connectivity index (χ1) is 15.0. The van der Waals surface area contributed by atoms with Crippen LogP contribution in [-0.2, 0) is 12.8 Å². The van der Waals surface area contributed by atoms with Crippen LogP contribution in [0.15, 0.2) is 60.1 Å². The van der Waals surface area contributed by atoms with Crippen molar-refractivity contribution in [1.29, 1.82) is 0 Å². The molecule has 1 saturated carbocycles. The highest BCUT2D eigenvalue weighted by molar-refractivity contribution is 7.10. The number of hydrogen-bond acceptors (Lipinski definition) is 2. The van der Waals surface area contributed by atoms with E-state index in [1.54, 1.807) is 12.1 Å². The molecule has 2 nitrogen and oxygen atoms in total. The first-order valence-electron chi connectivity index (χ1n) is 10.9. The summed E-state index contributed by atoms with van der Waals surface area (Å²) in [5.74, 6) is 0.395. The lowest BCUT2D eigenvalue weighted by Gasteiger charge is -2.36. The van der Waals surface area contributed by atoms with E-state index in [-0.39, 0.29) is 11.2 Å². The van der Waals surface area contributed by atoms with Gasteiger partial charge in [-0.05, 0) is 96.4 Å². The molecule has 4 heteroatoms. The highest BCUT2D eigenvalue weighted by Crippen LogP contribution is 2.54. The first-order valence-corrected chi connectivity index (χ1v) is 11.8. The molecule has 5 rings (SSSR count). The molecule has 1 aromatic carbocycles. The van der Waals surface area contributed by atoms with E-state index in [0.717, 1.165) is 30.6 Å². The van der Waals surface area contributed by atoms with Crippen molar-refractivity contribution in [2.75, 3.05) is 0 Å². The molecule has 2 atom stereocenters. The third kappa shape index (κ3) is 3.43. The number of benzene rings is 1. The monoisotopic (exact) mass is 430 g/mol. The van der Waals surface area contributed by atoms with Gasteiger partial charge in [-0.1, -0.05) is 37.3 Å². The summed E-state index contributed by atoms with van der Waals surface area (Å²) in [7, 11) is 0. The van der Waals surface area contributed by atoms with E-state index in [4.69, 9.17) is 0 Å². The Labute approximate surface area is 187 Å². The van der Waals surface area contributed by atoms with Gasteiger partial charge in [0.15, 0.2) is 0 Å². The van der Waals surface area contributed by atoms with Gasteiger partial charge >= 0.3 is 0 Å². The van der Waals surface area contributed by atoms with E-state index < -0.39 is 0 Å². The van der Waals surface area contributed by atoms with Crippen molar-refractivity contribution in [2.24, 2.45) is 11.3 Å². The van der Waals surface area contributed by atoms with Crippen LogP contribution in [0.2, 0.25) is 0 Å². The maximum Gasteiger partial charge on any atom is 0.123 e. The summed E-state index contributed by atoms with van der Waals surface area (Å²) >= 11 is 1.84. The molecule has 0 aliphatic heterocycles. The van der Waals surface area contributed by atoms with Crippen molar-refractivity contribution in [2.45, 2.75) is 39.5 Å². The summed E-state index contributed by atoms with van der Waals surface area (Å²) in [5, 5.41) is 6.99. The maximum atomic E-state index is 13.4. The number of rotatable bonds is 5. The van der Waals surface area contributed by atoms with Gasteiger partial charge in [0.1, 0.15) is 5.82 Å². The molecule has 2 unspecified atom stereocenters. The van der Waals surface area contributed by atoms with E-state index in [2.05, 4.69) is 43.1 Å². The Kier molecular flexibility index (Phi) is 5.05. The second-order valence-corrected chi connectivity index (χ2v) is 10.1. The highest BCUT2D eigenvalue weighted by Gasteiger charge is 2.45. The summed E-state index contributed by atoms with van der Waals surface area (Å²) < 4.78 is 15.3. The van der Waals surface area contributed by atoms with E-state index in [1.807, 2.05) is 34.4 Å². The molecule has 3 aromatic rings. The van der Waals surface area contributed by atoms with Crippen LogP contribution in [0.1, 0.15) is 47.0 Å². The third-order valence-corrected chi connectivity index (χ3v) is 8.17. The quantitative estimate of drug-likeness (QED) is 0.392. The van der Waals surface area contributed by atoms with E-state index in [0.29, 0.717) is 5.92 Å². The molecule has 0 radical (unpaired) electrons. The molecule has 0 bridgehead atoms. The van der Waals surface area contributed by atoms with Crippen molar-refractivity contribution in [1.82, 2.24) is 9.78 Å². The Morgan fingerprint density at radius 2 is 2.13 bits per heavy atom. The predicted molar refractivity (Wildman–Crippen MR) is 128 cm³/mol. The Morgan fingerprint density at radius 1 is 1.32 bits per heavy atom. The van der Waals surface area contributed by atoms with E-state index in [1.165, 1.54) is 45.7 Å². The molecule has 2 heterocycles. The number of hydrogen-bond donors (Lipinski definition) is 0. The van der Waals surface area contributed by atoms with Crippen molar-refractivity contribution >= 4 is 23.5 Å². The maximum absolute atomic E-state index is 13.4. The minimum Gasteiger partial charge on any atom is -0.233 e. The summed E-state index contributed by atoms with van der Waals surface area (Å²) in [4.78, 5) is 1.37. The fraction of sp³-hybridized carbons (Fsp3) is 0.296. The average molecular weight is 431 g/mol. The van der Waals surface area contributed by atoms with Crippen LogP contribution < -0.4 is 0 Å². The molecule has 0 amide bonds. The number of nitrogens with zero attached hydrogens (tertiary/aromatic N) is 2. The zero-order valence-electron chi connectivity index (χ0n) is 18.1. The fourth-order valence-electron chi connectivity index (χ4n) is 5.37. The molecule has 0 saturated heterocycles. The fourth-order valence-corrected chi connectivity index (χ4v) is 6.24. The van der Waals surface area contributed by atoms with Crippen LogP contribution in [0.4, 0.5) is 4.39 Å². The van der Waals surface area contributed by atoms with Crippen molar-refractivity contribution in [3.63, 3.8) is 0 Å². The van der Waals surface area contributed by atoms with Crippen LogP contribution >= 0.6 is 11.3 Å². The van der Waals surface area contributed by atoms with Crippen LogP contribution in [0.25, 0.3) is 17.8 Å². The second-order valence-electron chi connectivity index (χ2n) is 8.97. The summed E-state index contributed by atoms with van der Waals surface area (Å²) in [6, 6.07) is 6.58. The number of aromatic nitrogens is 2. The van der Waals surface area contributed by atoms with Crippen LogP contribution in [-0.4, -0.2) is 9.78 Å². The molecular weight excluding hydrogens is 403 g/mol. The van der Waals surface area contributed by atoms with Gasteiger partial charge in [-0.2, -0.15) is 5.10 Å². The first kappa shape index (κ1) is 20.2.